The molecule has 3 rings (SSSR count). The van der Waals surface area contributed by atoms with Crippen LogP contribution in [-0.4, -0.2) is 38.5 Å². The normalized spacial score (nSPS) is 31.8. The van der Waals surface area contributed by atoms with Gasteiger partial charge in [-0.25, -0.2) is 9.89 Å². The first-order valence-electron chi connectivity index (χ1n) is 5.80. The molecule has 2 aliphatic heterocycles. The largest absolute Gasteiger partial charge is 0.393 e. The molecule has 0 aliphatic carbocycles. The monoisotopic (exact) mass is 238 g/mol. The average molecular weight is 238 g/mol. The van der Waals surface area contributed by atoms with Crippen molar-refractivity contribution < 1.29 is 5.11 Å². The van der Waals surface area contributed by atoms with Gasteiger partial charge in [-0.2, -0.15) is 0 Å². The first kappa shape index (κ1) is 10.5. The van der Waals surface area contributed by atoms with Crippen molar-refractivity contribution in [2.75, 3.05) is 4.90 Å². The van der Waals surface area contributed by atoms with Crippen LogP contribution in [0.5, 0.6) is 0 Å². The van der Waals surface area contributed by atoms with Crippen molar-refractivity contribution in [1.82, 2.24) is 15.2 Å². The van der Waals surface area contributed by atoms with Crippen LogP contribution in [-0.2, 0) is 0 Å². The van der Waals surface area contributed by atoms with Crippen molar-refractivity contribution in [1.29, 1.82) is 0 Å². The quantitative estimate of drug-likeness (QED) is 0.579. The van der Waals surface area contributed by atoms with Crippen molar-refractivity contribution in [3.63, 3.8) is 0 Å². The Kier molecular flexibility index (Phi) is 2.29. The number of hydrogen-bond acceptors (Lipinski definition) is 5. The Balaban J connectivity index is 2.00. The van der Waals surface area contributed by atoms with Crippen molar-refractivity contribution in [2.24, 2.45) is 0 Å². The van der Waals surface area contributed by atoms with E-state index in [1.54, 1.807) is 0 Å². The summed E-state index contributed by atoms with van der Waals surface area (Å²) in [5.41, 5.74) is -1.05. The maximum Gasteiger partial charge on any atom is 0.342 e. The van der Waals surface area contributed by atoms with Crippen molar-refractivity contribution in [2.45, 2.75) is 43.9 Å². The number of aliphatic hydroxyl groups is 1. The number of hydrogen-bond donors (Lipinski definition) is 3. The van der Waals surface area contributed by atoms with Gasteiger partial charge in [-0.1, -0.05) is 0 Å². The second kappa shape index (κ2) is 3.69. The minimum atomic E-state index is -0.594. The van der Waals surface area contributed by atoms with Gasteiger partial charge < -0.3 is 10.0 Å². The summed E-state index contributed by atoms with van der Waals surface area (Å²) in [6.45, 7) is 0. The average Bonchev–Trinajstić information content (AvgIpc) is 2.53. The first-order valence-corrected chi connectivity index (χ1v) is 5.80. The van der Waals surface area contributed by atoms with E-state index < -0.39 is 11.2 Å². The lowest BCUT2D eigenvalue weighted by Crippen LogP contribution is -2.48. The zero-order valence-electron chi connectivity index (χ0n) is 9.22. The van der Waals surface area contributed by atoms with E-state index in [0.29, 0.717) is 12.8 Å². The van der Waals surface area contributed by atoms with Gasteiger partial charge in [-0.15, -0.1) is 5.10 Å². The molecule has 3 N–H and O–H groups in total. The molecule has 7 nitrogen and oxygen atoms in total. The summed E-state index contributed by atoms with van der Waals surface area (Å²) in [4.78, 5) is 26.8. The van der Waals surface area contributed by atoms with E-state index in [1.165, 1.54) is 0 Å². The van der Waals surface area contributed by atoms with E-state index in [-0.39, 0.29) is 24.0 Å². The molecule has 1 aromatic rings. The molecule has 2 aliphatic rings. The van der Waals surface area contributed by atoms with E-state index in [1.807, 2.05) is 4.90 Å². The molecule has 17 heavy (non-hydrogen) atoms. The summed E-state index contributed by atoms with van der Waals surface area (Å²) >= 11 is 0. The minimum Gasteiger partial charge on any atom is -0.393 e. The third-order valence-electron chi connectivity index (χ3n) is 3.65. The molecule has 3 heterocycles. The number of rotatable bonds is 1. The number of fused-ring (bicyclic) bond motifs is 2. The maximum absolute atomic E-state index is 11.7. The predicted molar refractivity (Wildman–Crippen MR) is 60.0 cm³/mol. The summed E-state index contributed by atoms with van der Waals surface area (Å²) in [5, 5.41) is 15.8. The second-order valence-electron chi connectivity index (χ2n) is 4.75. The molecule has 2 unspecified atom stereocenters. The molecular weight excluding hydrogens is 224 g/mol. The van der Waals surface area contributed by atoms with Crippen LogP contribution in [0.4, 0.5) is 5.82 Å². The molecule has 0 radical (unpaired) electrons. The van der Waals surface area contributed by atoms with Gasteiger partial charge in [0.2, 0.25) is 5.82 Å². The Morgan fingerprint density at radius 1 is 1.24 bits per heavy atom. The summed E-state index contributed by atoms with van der Waals surface area (Å²) in [7, 11) is 0. The highest BCUT2D eigenvalue weighted by Gasteiger charge is 2.41. The van der Waals surface area contributed by atoms with Crippen LogP contribution in [0.25, 0.3) is 0 Å². The van der Waals surface area contributed by atoms with Gasteiger partial charge in [-0.3, -0.25) is 9.78 Å². The highest BCUT2D eigenvalue weighted by atomic mass is 16.3. The molecule has 7 heteroatoms. The molecule has 0 aromatic carbocycles. The smallest absolute Gasteiger partial charge is 0.342 e. The van der Waals surface area contributed by atoms with E-state index in [0.717, 1.165) is 12.8 Å². The molecule has 0 spiro atoms. The summed E-state index contributed by atoms with van der Waals surface area (Å²) in [6, 6.07) is 0.312. The van der Waals surface area contributed by atoms with Crippen LogP contribution in [0.1, 0.15) is 25.7 Å². The van der Waals surface area contributed by atoms with Crippen molar-refractivity contribution >= 4 is 5.82 Å². The van der Waals surface area contributed by atoms with E-state index in [4.69, 9.17) is 0 Å². The fourth-order valence-corrected chi connectivity index (χ4v) is 3.01. The summed E-state index contributed by atoms with van der Waals surface area (Å²) in [5.74, 6) is 0.268. The summed E-state index contributed by atoms with van der Waals surface area (Å²) < 4.78 is 0. The number of nitrogens with one attached hydrogen (secondary N) is 2. The lowest BCUT2D eigenvalue weighted by molar-refractivity contribution is 0.126. The fourth-order valence-electron chi connectivity index (χ4n) is 3.01. The molecule has 2 saturated heterocycles. The molecule has 2 atom stereocenters. The van der Waals surface area contributed by atoms with Crippen LogP contribution in [0.3, 0.4) is 0 Å². The van der Waals surface area contributed by atoms with E-state index >= 15 is 0 Å². The number of aromatic nitrogens is 3. The molecule has 0 amide bonds. The van der Waals surface area contributed by atoms with Gasteiger partial charge in [0.15, 0.2) is 0 Å². The van der Waals surface area contributed by atoms with Crippen LogP contribution >= 0.6 is 0 Å². The zero-order chi connectivity index (χ0) is 12.0. The summed E-state index contributed by atoms with van der Waals surface area (Å²) in [6.07, 6.45) is 2.96. The number of H-pyrrole nitrogens is 2. The van der Waals surface area contributed by atoms with Crippen LogP contribution < -0.4 is 16.1 Å². The van der Waals surface area contributed by atoms with Crippen LogP contribution in [0.15, 0.2) is 9.59 Å². The molecule has 2 bridgehead atoms. The van der Waals surface area contributed by atoms with Gasteiger partial charge in [0.1, 0.15) is 0 Å². The van der Waals surface area contributed by atoms with Crippen molar-refractivity contribution in [3.05, 3.63) is 20.8 Å². The Morgan fingerprint density at radius 3 is 2.47 bits per heavy atom. The van der Waals surface area contributed by atoms with Gasteiger partial charge >= 0.3 is 5.69 Å². The third-order valence-corrected chi connectivity index (χ3v) is 3.65. The van der Waals surface area contributed by atoms with Gasteiger partial charge in [-0.05, 0) is 25.7 Å². The molecule has 92 valence electrons. The lowest BCUT2D eigenvalue weighted by Gasteiger charge is -2.37. The molecular formula is C10H14N4O3. The Hall–Kier alpha value is -1.63. The number of aliphatic hydroxyl groups excluding tert-OH is 1. The predicted octanol–water partition coefficient (Wildman–Crippen LogP) is -1.05. The van der Waals surface area contributed by atoms with Gasteiger partial charge in [0.05, 0.1) is 6.10 Å². The van der Waals surface area contributed by atoms with E-state index in [2.05, 4.69) is 15.2 Å². The Labute approximate surface area is 96.5 Å². The highest BCUT2D eigenvalue weighted by Crippen LogP contribution is 2.36. The number of aromatic amines is 2. The number of piperidine rings is 1. The second-order valence-corrected chi connectivity index (χ2v) is 4.75. The molecule has 2 fully saturated rings. The minimum absolute atomic E-state index is 0.156. The van der Waals surface area contributed by atoms with Gasteiger partial charge in [0, 0.05) is 12.1 Å². The topological polar surface area (TPSA) is 102 Å². The molecule has 1 aromatic heterocycles. The van der Waals surface area contributed by atoms with Gasteiger partial charge in [0.25, 0.3) is 5.56 Å². The SMILES string of the molecule is O=c1[nH]nc(N2C3CCC2CC(O)C3)c(=O)[nH]1. The standard InChI is InChI=1S/C10H14N4O3/c15-7-3-5-1-2-6(4-7)14(5)8-9(16)11-10(17)13-12-8/h5-7,15H,1-4H2,(H2,11,13,16,17). The number of nitrogens with zero attached hydrogens (tertiary/aromatic N) is 2. The first-order chi connectivity index (χ1) is 8.15. The lowest BCUT2D eigenvalue weighted by atomic mass is 10.0. The zero-order valence-corrected chi connectivity index (χ0v) is 9.22. The van der Waals surface area contributed by atoms with Crippen LogP contribution in [0.2, 0.25) is 0 Å². The Morgan fingerprint density at radius 2 is 1.88 bits per heavy atom. The van der Waals surface area contributed by atoms with Crippen molar-refractivity contribution in [3.8, 4) is 0 Å². The number of anilines is 1. The van der Waals surface area contributed by atoms with Crippen LogP contribution in [0, 0.1) is 0 Å². The third kappa shape index (κ3) is 1.66. The highest BCUT2D eigenvalue weighted by molar-refractivity contribution is 5.40. The Bertz CT molecular complexity index is 523. The fraction of sp³-hybridized carbons (Fsp3) is 0.700. The maximum atomic E-state index is 11.7. The van der Waals surface area contributed by atoms with E-state index in [9.17, 15) is 14.7 Å². The molecule has 0 saturated carbocycles.